The molecule has 0 saturated carbocycles. The summed E-state index contributed by atoms with van der Waals surface area (Å²) in [5.41, 5.74) is 0.548. The minimum Gasteiger partial charge on any atom is -0.461 e. The number of hydrogen-bond donors (Lipinski definition) is 0. The van der Waals surface area contributed by atoms with E-state index in [1.54, 1.807) is 32.0 Å². The van der Waals surface area contributed by atoms with Gasteiger partial charge in [0.15, 0.2) is 0 Å². The number of carbonyl (C=O) groups is 2. The Morgan fingerprint density at radius 3 is 1.75 bits per heavy atom. The molecule has 2 atom stereocenters. The Kier molecular flexibility index (Phi) is 6.82. The van der Waals surface area contributed by atoms with Crippen molar-refractivity contribution in [2.24, 2.45) is 0 Å². The molecule has 0 aromatic heterocycles. The molecule has 0 bridgehead atoms. The first-order valence-electron chi connectivity index (χ1n) is 6.12. The van der Waals surface area contributed by atoms with E-state index in [2.05, 4.69) is 0 Å². The fourth-order valence-corrected chi connectivity index (χ4v) is 1.45. The zero-order valence-electron chi connectivity index (χ0n) is 11.3. The van der Waals surface area contributed by atoms with Crippen molar-refractivity contribution in [3.8, 4) is 0 Å². The predicted octanol–water partition coefficient (Wildman–Crippen LogP) is 3.25. The van der Waals surface area contributed by atoms with E-state index >= 15 is 0 Å². The van der Waals surface area contributed by atoms with Gasteiger partial charge in [0.2, 0.25) is 0 Å². The molecule has 4 nitrogen and oxygen atoms in total. The smallest absolute Gasteiger partial charge is 0.338 e. The van der Waals surface area contributed by atoms with Gasteiger partial charge >= 0.3 is 11.9 Å². The van der Waals surface area contributed by atoms with Crippen LogP contribution in [0.4, 0.5) is 0 Å². The minimum atomic E-state index is -0.530. The largest absolute Gasteiger partial charge is 0.461 e. The van der Waals surface area contributed by atoms with Crippen LogP contribution >= 0.6 is 23.2 Å². The van der Waals surface area contributed by atoms with Crippen LogP contribution in [-0.2, 0) is 9.47 Å². The lowest BCUT2D eigenvalue weighted by molar-refractivity contribution is 0.0506. The molecule has 0 aliphatic carbocycles. The molecule has 0 amide bonds. The molecule has 2 unspecified atom stereocenters. The van der Waals surface area contributed by atoms with Crippen molar-refractivity contribution in [1.82, 2.24) is 0 Å². The molecule has 0 radical (unpaired) electrons. The molecule has 110 valence electrons. The van der Waals surface area contributed by atoms with Crippen molar-refractivity contribution < 1.29 is 19.1 Å². The number of hydrogen-bond acceptors (Lipinski definition) is 4. The van der Waals surface area contributed by atoms with Crippen LogP contribution in [0.3, 0.4) is 0 Å². The lowest BCUT2D eigenvalue weighted by Gasteiger charge is -2.08. The van der Waals surface area contributed by atoms with Crippen LogP contribution in [0, 0.1) is 0 Å². The molecule has 0 aliphatic heterocycles. The van der Waals surface area contributed by atoms with E-state index in [1.807, 2.05) is 0 Å². The van der Waals surface area contributed by atoms with E-state index in [9.17, 15) is 9.59 Å². The topological polar surface area (TPSA) is 52.6 Å². The normalized spacial score (nSPS) is 13.4. The third kappa shape index (κ3) is 5.80. The Morgan fingerprint density at radius 2 is 1.40 bits per heavy atom. The lowest BCUT2D eigenvalue weighted by Crippen LogP contribution is -2.14. The first-order valence-corrected chi connectivity index (χ1v) is 7.00. The van der Waals surface area contributed by atoms with Crippen LogP contribution in [-0.4, -0.2) is 35.9 Å². The zero-order valence-corrected chi connectivity index (χ0v) is 12.8. The molecule has 1 aromatic carbocycles. The molecule has 0 spiro atoms. The highest BCUT2D eigenvalue weighted by atomic mass is 35.5. The highest BCUT2D eigenvalue weighted by Crippen LogP contribution is 2.10. The fourth-order valence-electron chi connectivity index (χ4n) is 1.32. The summed E-state index contributed by atoms with van der Waals surface area (Å²) >= 11 is 11.4. The van der Waals surface area contributed by atoms with Crippen molar-refractivity contribution in [2.75, 3.05) is 13.2 Å². The second-order valence-corrected chi connectivity index (χ2v) is 5.83. The van der Waals surface area contributed by atoms with Crippen molar-refractivity contribution in [3.63, 3.8) is 0 Å². The van der Waals surface area contributed by atoms with E-state index in [-0.39, 0.29) is 35.1 Å². The highest BCUT2D eigenvalue weighted by molar-refractivity contribution is 6.20. The van der Waals surface area contributed by atoms with Crippen LogP contribution in [0.15, 0.2) is 24.3 Å². The maximum absolute atomic E-state index is 11.7. The Bertz CT molecular complexity index is 433. The number of esters is 2. The number of alkyl halides is 2. The number of ether oxygens (including phenoxy) is 2. The van der Waals surface area contributed by atoms with Crippen molar-refractivity contribution in [3.05, 3.63) is 35.4 Å². The quantitative estimate of drug-likeness (QED) is 0.596. The molecule has 1 rings (SSSR count). The van der Waals surface area contributed by atoms with E-state index in [0.717, 1.165) is 0 Å². The molecule has 0 fully saturated rings. The van der Waals surface area contributed by atoms with Gasteiger partial charge in [0.1, 0.15) is 13.2 Å². The Hall–Kier alpha value is -1.26. The number of rotatable bonds is 6. The van der Waals surface area contributed by atoms with Gasteiger partial charge in [-0.25, -0.2) is 9.59 Å². The predicted molar refractivity (Wildman–Crippen MR) is 77.6 cm³/mol. The van der Waals surface area contributed by atoms with Crippen LogP contribution in [0.25, 0.3) is 0 Å². The van der Waals surface area contributed by atoms with E-state index in [1.165, 1.54) is 6.07 Å². The maximum atomic E-state index is 11.7. The van der Waals surface area contributed by atoms with Gasteiger partial charge in [-0.2, -0.15) is 0 Å². The maximum Gasteiger partial charge on any atom is 0.338 e. The number of carbonyl (C=O) groups excluding carboxylic acids is 2. The molecular weight excluding hydrogens is 303 g/mol. The molecule has 0 aliphatic rings. The number of halogens is 2. The second-order valence-electron chi connectivity index (χ2n) is 4.34. The van der Waals surface area contributed by atoms with Gasteiger partial charge in [-0.3, -0.25) is 0 Å². The van der Waals surface area contributed by atoms with Crippen molar-refractivity contribution in [2.45, 2.75) is 24.6 Å². The van der Waals surface area contributed by atoms with Crippen LogP contribution < -0.4 is 0 Å². The highest BCUT2D eigenvalue weighted by Gasteiger charge is 2.13. The van der Waals surface area contributed by atoms with Gasteiger partial charge in [0, 0.05) is 0 Å². The fraction of sp³-hybridized carbons (Fsp3) is 0.429. The molecule has 6 heteroatoms. The summed E-state index contributed by atoms with van der Waals surface area (Å²) in [5.74, 6) is -1.06. The standard InChI is InChI=1S/C14H16Cl2O4/c1-9(15)7-19-13(17)11-4-3-5-12(6-11)14(18)20-8-10(2)16/h3-6,9-10H,7-8H2,1-2H3. The Morgan fingerprint density at radius 1 is 1.00 bits per heavy atom. The first kappa shape index (κ1) is 16.8. The van der Waals surface area contributed by atoms with Crippen molar-refractivity contribution >= 4 is 35.1 Å². The third-order valence-corrected chi connectivity index (χ3v) is 2.47. The Labute approximate surface area is 128 Å². The molecule has 20 heavy (non-hydrogen) atoms. The zero-order chi connectivity index (χ0) is 15.1. The van der Waals surface area contributed by atoms with Gasteiger partial charge < -0.3 is 9.47 Å². The molecule has 1 aromatic rings. The van der Waals surface area contributed by atoms with Gasteiger partial charge in [-0.15, -0.1) is 23.2 Å². The van der Waals surface area contributed by atoms with Crippen LogP contribution in [0.5, 0.6) is 0 Å². The summed E-state index contributed by atoms with van der Waals surface area (Å²) in [7, 11) is 0. The molecule has 0 N–H and O–H groups in total. The van der Waals surface area contributed by atoms with E-state index in [0.29, 0.717) is 0 Å². The third-order valence-electron chi connectivity index (χ3n) is 2.22. The van der Waals surface area contributed by atoms with Crippen LogP contribution in [0.2, 0.25) is 0 Å². The Balaban J connectivity index is 2.70. The van der Waals surface area contributed by atoms with Gasteiger partial charge in [-0.1, -0.05) is 6.07 Å². The van der Waals surface area contributed by atoms with E-state index in [4.69, 9.17) is 32.7 Å². The summed E-state index contributed by atoms with van der Waals surface area (Å²) < 4.78 is 9.96. The summed E-state index contributed by atoms with van der Waals surface area (Å²) in [4.78, 5) is 23.5. The monoisotopic (exact) mass is 318 g/mol. The summed E-state index contributed by atoms with van der Waals surface area (Å²) in [6.07, 6.45) is 0. The molecule has 0 saturated heterocycles. The summed E-state index contributed by atoms with van der Waals surface area (Å²) in [6, 6.07) is 6.12. The minimum absolute atomic E-state index is 0.110. The van der Waals surface area contributed by atoms with Crippen molar-refractivity contribution in [1.29, 1.82) is 0 Å². The van der Waals surface area contributed by atoms with Gasteiger partial charge in [0.05, 0.1) is 21.9 Å². The molecular formula is C14H16Cl2O4. The summed E-state index contributed by atoms with van der Waals surface area (Å²) in [6.45, 7) is 3.66. The average Bonchev–Trinajstić information content (AvgIpc) is 2.42. The van der Waals surface area contributed by atoms with E-state index < -0.39 is 11.9 Å². The SMILES string of the molecule is CC(Cl)COC(=O)c1cccc(C(=O)OCC(C)Cl)c1. The van der Waals surface area contributed by atoms with Crippen LogP contribution in [0.1, 0.15) is 34.6 Å². The van der Waals surface area contributed by atoms with Gasteiger partial charge in [-0.05, 0) is 32.0 Å². The first-order chi connectivity index (χ1) is 9.40. The van der Waals surface area contributed by atoms with Gasteiger partial charge in [0.25, 0.3) is 0 Å². The average molecular weight is 319 g/mol. The second kappa shape index (κ2) is 8.12. The molecule has 0 heterocycles. The lowest BCUT2D eigenvalue weighted by atomic mass is 10.1. The number of benzene rings is 1. The summed E-state index contributed by atoms with van der Waals surface area (Å²) in [5, 5.41) is -0.533.